The predicted molar refractivity (Wildman–Crippen MR) is 88.1 cm³/mol. The van der Waals surface area contributed by atoms with Crippen LogP contribution in [0, 0.1) is 0 Å². The molecule has 2 N–H and O–H groups in total. The third-order valence-electron chi connectivity index (χ3n) is 3.30. The molecule has 0 saturated carbocycles. The summed E-state index contributed by atoms with van der Waals surface area (Å²) in [6.07, 6.45) is 2.17. The van der Waals surface area contributed by atoms with Crippen molar-refractivity contribution in [1.82, 2.24) is 10.6 Å². The molecule has 0 aromatic heterocycles. The van der Waals surface area contributed by atoms with E-state index >= 15 is 0 Å². The summed E-state index contributed by atoms with van der Waals surface area (Å²) in [6, 6.07) is 8.19. The van der Waals surface area contributed by atoms with E-state index in [1.54, 1.807) is 0 Å². The quantitative estimate of drug-likeness (QED) is 0.831. The minimum atomic E-state index is 0. The van der Waals surface area contributed by atoms with Gasteiger partial charge >= 0.3 is 0 Å². The van der Waals surface area contributed by atoms with Gasteiger partial charge in [-0.3, -0.25) is 4.79 Å². The molecule has 0 radical (unpaired) electrons. The van der Waals surface area contributed by atoms with Gasteiger partial charge in [-0.15, -0.1) is 24.2 Å². The van der Waals surface area contributed by atoms with Gasteiger partial charge in [-0.2, -0.15) is 0 Å². The van der Waals surface area contributed by atoms with Crippen molar-refractivity contribution in [2.75, 3.05) is 12.3 Å². The SMILES string of the molecule is CC1NCCCC1NC(=O)CSc1ccccc1Cl.Cl. The second-order valence-electron chi connectivity index (χ2n) is 4.78. The first-order valence-corrected chi connectivity index (χ1v) is 7.93. The Labute approximate surface area is 135 Å². The maximum Gasteiger partial charge on any atom is 0.230 e. The van der Waals surface area contributed by atoms with Crippen LogP contribution in [0.2, 0.25) is 5.02 Å². The molecule has 2 rings (SSSR count). The Kier molecular flexibility index (Phi) is 7.74. The maximum atomic E-state index is 11.9. The molecule has 1 aliphatic heterocycles. The van der Waals surface area contributed by atoms with Crippen molar-refractivity contribution in [2.45, 2.75) is 36.7 Å². The lowest BCUT2D eigenvalue weighted by Gasteiger charge is -2.30. The first-order valence-electron chi connectivity index (χ1n) is 6.57. The molecule has 112 valence electrons. The number of carbonyl (C=O) groups is 1. The fraction of sp³-hybridized carbons (Fsp3) is 0.500. The average molecular weight is 335 g/mol. The van der Waals surface area contributed by atoms with Crippen LogP contribution >= 0.6 is 35.8 Å². The van der Waals surface area contributed by atoms with Crippen LogP contribution in [-0.2, 0) is 4.79 Å². The van der Waals surface area contributed by atoms with Crippen LogP contribution in [0.3, 0.4) is 0 Å². The van der Waals surface area contributed by atoms with E-state index in [2.05, 4.69) is 17.6 Å². The zero-order valence-electron chi connectivity index (χ0n) is 11.4. The van der Waals surface area contributed by atoms with E-state index in [0.717, 1.165) is 24.3 Å². The number of carbonyl (C=O) groups excluding carboxylic acids is 1. The molecule has 1 amide bonds. The number of benzene rings is 1. The summed E-state index contributed by atoms with van der Waals surface area (Å²) in [4.78, 5) is 12.9. The van der Waals surface area contributed by atoms with Gasteiger partial charge in [0.1, 0.15) is 0 Å². The van der Waals surface area contributed by atoms with Gasteiger partial charge in [0.15, 0.2) is 0 Å². The highest BCUT2D eigenvalue weighted by atomic mass is 35.5. The van der Waals surface area contributed by atoms with Crippen molar-refractivity contribution < 1.29 is 4.79 Å². The number of nitrogens with one attached hydrogen (secondary N) is 2. The van der Waals surface area contributed by atoms with E-state index in [1.165, 1.54) is 11.8 Å². The van der Waals surface area contributed by atoms with Crippen molar-refractivity contribution in [1.29, 1.82) is 0 Å². The molecule has 1 fully saturated rings. The topological polar surface area (TPSA) is 41.1 Å². The lowest BCUT2D eigenvalue weighted by atomic mass is 10.00. The van der Waals surface area contributed by atoms with E-state index in [1.807, 2.05) is 24.3 Å². The Hall–Kier alpha value is -0.420. The van der Waals surface area contributed by atoms with Gasteiger partial charge in [0, 0.05) is 17.0 Å². The standard InChI is InChI=1S/C14H19ClN2OS.ClH/c1-10-12(6-4-8-16-10)17-14(18)9-19-13-7-3-2-5-11(13)15;/h2-3,5,7,10,12,16H,4,6,8-9H2,1H3,(H,17,18);1H. The molecule has 2 atom stereocenters. The van der Waals surface area contributed by atoms with Gasteiger partial charge in [0.25, 0.3) is 0 Å². The normalized spacial score (nSPS) is 21.9. The largest absolute Gasteiger partial charge is 0.351 e. The van der Waals surface area contributed by atoms with E-state index in [9.17, 15) is 4.79 Å². The van der Waals surface area contributed by atoms with E-state index in [0.29, 0.717) is 16.8 Å². The number of rotatable bonds is 4. The Balaban J connectivity index is 0.00000200. The van der Waals surface area contributed by atoms with Gasteiger partial charge in [0.2, 0.25) is 5.91 Å². The van der Waals surface area contributed by atoms with E-state index in [4.69, 9.17) is 11.6 Å². The smallest absolute Gasteiger partial charge is 0.230 e. The summed E-state index contributed by atoms with van der Waals surface area (Å²) in [5.74, 6) is 0.484. The molecule has 6 heteroatoms. The first-order chi connectivity index (χ1) is 9.16. The molecule has 0 spiro atoms. The minimum Gasteiger partial charge on any atom is -0.351 e. The van der Waals surface area contributed by atoms with Crippen LogP contribution in [0.15, 0.2) is 29.2 Å². The molecule has 3 nitrogen and oxygen atoms in total. The minimum absolute atomic E-state index is 0. The average Bonchev–Trinajstić information content (AvgIpc) is 2.40. The number of hydrogen-bond donors (Lipinski definition) is 2. The third kappa shape index (κ3) is 5.17. The van der Waals surface area contributed by atoms with Crippen LogP contribution < -0.4 is 10.6 Å². The Morgan fingerprint density at radius 1 is 1.50 bits per heavy atom. The van der Waals surface area contributed by atoms with Crippen LogP contribution in [-0.4, -0.2) is 30.3 Å². The lowest BCUT2D eigenvalue weighted by molar-refractivity contribution is -0.119. The summed E-state index contributed by atoms with van der Waals surface area (Å²) in [5, 5.41) is 7.17. The summed E-state index contributed by atoms with van der Waals surface area (Å²) in [6.45, 7) is 3.16. The molecule has 1 aromatic carbocycles. The van der Waals surface area contributed by atoms with Gasteiger partial charge < -0.3 is 10.6 Å². The number of hydrogen-bond acceptors (Lipinski definition) is 3. The number of piperidine rings is 1. The molecular weight excluding hydrogens is 315 g/mol. The van der Waals surface area contributed by atoms with Gasteiger partial charge in [-0.05, 0) is 38.4 Å². The number of halogens is 2. The van der Waals surface area contributed by atoms with E-state index < -0.39 is 0 Å². The molecule has 1 heterocycles. The third-order valence-corrected chi connectivity index (χ3v) is 4.82. The molecule has 20 heavy (non-hydrogen) atoms. The molecule has 1 aliphatic rings. The maximum absolute atomic E-state index is 11.9. The zero-order chi connectivity index (χ0) is 13.7. The monoisotopic (exact) mass is 334 g/mol. The summed E-state index contributed by atoms with van der Waals surface area (Å²) in [5.41, 5.74) is 0. The Bertz CT molecular complexity index is 445. The van der Waals surface area contributed by atoms with Crippen molar-refractivity contribution in [3.05, 3.63) is 29.3 Å². The molecule has 0 bridgehead atoms. The van der Waals surface area contributed by atoms with E-state index in [-0.39, 0.29) is 24.4 Å². The first kappa shape index (κ1) is 17.6. The predicted octanol–water partition coefficient (Wildman–Crippen LogP) is 3.11. The number of thioether (sulfide) groups is 1. The van der Waals surface area contributed by atoms with Crippen LogP contribution in [0.4, 0.5) is 0 Å². The summed E-state index contributed by atoms with van der Waals surface area (Å²) < 4.78 is 0. The van der Waals surface area contributed by atoms with Crippen LogP contribution in [0.1, 0.15) is 19.8 Å². The molecule has 1 aromatic rings. The van der Waals surface area contributed by atoms with Crippen molar-refractivity contribution in [3.63, 3.8) is 0 Å². The second kappa shape index (κ2) is 8.78. The van der Waals surface area contributed by atoms with Gasteiger partial charge in [0.05, 0.1) is 10.8 Å². The molecule has 1 saturated heterocycles. The van der Waals surface area contributed by atoms with Crippen molar-refractivity contribution in [2.24, 2.45) is 0 Å². The summed E-state index contributed by atoms with van der Waals surface area (Å²) in [7, 11) is 0. The molecular formula is C14H20Cl2N2OS. The summed E-state index contributed by atoms with van der Waals surface area (Å²) >= 11 is 7.54. The Morgan fingerprint density at radius 2 is 2.25 bits per heavy atom. The molecule has 2 unspecified atom stereocenters. The van der Waals surface area contributed by atoms with Crippen LogP contribution in [0.25, 0.3) is 0 Å². The van der Waals surface area contributed by atoms with Gasteiger partial charge in [-0.25, -0.2) is 0 Å². The second-order valence-corrected chi connectivity index (χ2v) is 6.20. The fourth-order valence-electron chi connectivity index (χ4n) is 2.19. The highest BCUT2D eigenvalue weighted by Gasteiger charge is 2.22. The fourth-order valence-corrected chi connectivity index (χ4v) is 3.24. The Morgan fingerprint density at radius 3 is 2.95 bits per heavy atom. The van der Waals surface area contributed by atoms with Gasteiger partial charge in [-0.1, -0.05) is 23.7 Å². The lowest BCUT2D eigenvalue weighted by Crippen LogP contribution is -2.52. The molecule has 0 aliphatic carbocycles. The van der Waals surface area contributed by atoms with Crippen molar-refractivity contribution >= 4 is 41.7 Å². The number of amides is 1. The zero-order valence-corrected chi connectivity index (χ0v) is 13.8. The van der Waals surface area contributed by atoms with Crippen molar-refractivity contribution in [3.8, 4) is 0 Å². The highest BCUT2D eigenvalue weighted by Crippen LogP contribution is 2.26. The van der Waals surface area contributed by atoms with Crippen LogP contribution in [0.5, 0.6) is 0 Å². The highest BCUT2D eigenvalue weighted by molar-refractivity contribution is 8.00.